The van der Waals surface area contributed by atoms with Gasteiger partial charge in [0, 0.05) is 24.2 Å². The highest BCUT2D eigenvalue weighted by molar-refractivity contribution is 7.15. The van der Waals surface area contributed by atoms with Crippen LogP contribution in [-0.4, -0.2) is 21.8 Å². The molecule has 2 aromatic rings. The molecule has 4 nitrogen and oxygen atoms in total. The number of aromatic nitrogens is 2. The fraction of sp³-hybridized carbons (Fsp3) is 0.385. The van der Waals surface area contributed by atoms with Crippen LogP contribution in [0.4, 0.5) is 0 Å². The van der Waals surface area contributed by atoms with Crippen LogP contribution >= 0.6 is 22.9 Å². The summed E-state index contributed by atoms with van der Waals surface area (Å²) < 4.78 is 1.87. The molecule has 6 heteroatoms. The first kappa shape index (κ1) is 14.1. The molecule has 0 aliphatic heterocycles. The summed E-state index contributed by atoms with van der Waals surface area (Å²) in [5, 5.41) is 5.19. The molecule has 1 amide bonds. The smallest absolute Gasteiger partial charge is 0.244 e. The second kappa shape index (κ2) is 6.21. The van der Waals surface area contributed by atoms with Gasteiger partial charge < -0.3 is 5.32 Å². The summed E-state index contributed by atoms with van der Waals surface area (Å²) in [5.41, 5.74) is 0.733. The van der Waals surface area contributed by atoms with E-state index in [2.05, 4.69) is 24.1 Å². The van der Waals surface area contributed by atoms with Crippen molar-refractivity contribution in [2.24, 2.45) is 5.92 Å². The monoisotopic (exact) mass is 297 g/mol. The van der Waals surface area contributed by atoms with Gasteiger partial charge in [-0.05, 0) is 18.4 Å². The van der Waals surface area contributed by atoms with Gasteiger partial charge in [0.25, 0.3) is 0 Å². The minimum absolute atomic E-state index is 0.109. The maximum Gasteiger partial charge on any atom is 0.244 e. The lowest BCUT2D eigenvalue weighted by atomic mass is 10.1. The summed E-state index contributed by atoms with van der Waals surface area (Å²) in [6.45, 7) is 4.94. The summed E-state index contributed by atoms with van der Waals surface area (Å²) >= 11 is 7.54. The molecule has 2 heterocycles. The molecule has 0 aromatic carbocycles. The van der Waals surface area contributed by atoms with Crippen molar-refractivity contribution in [2.45, 2.75) is 20.3 Å². The highest BCUT2D eigenvalue weighted by Crippen LogP contribution is 2.22. The summed E-state index contributed by atoms with van der Waals surface area (Å²) in [6, 6.07) is 0. The maximum absolute atomic E-state index is 11.6. The van der Waals surface area contributed by atoms with E-state index in [1.807, 2.05) is 16.0 Å². The van der Waals surface area contributed by atoms with Crippen molar-refractivity contribution < 1.29 is 4.79 Å². The van der Waals surface area contributed by atoms with E-state index in [0.717, 1.165) is 17.1 Å². The topological polar surface area (TPSA) is 46.4 Å². The minimum atomic E-state index is -0.109. The molecule has 0 atom stereocenters. The van der Waals surface area contributed by atoms with Crippen LogP contribution in [0.5, 0.6) is 0 Å². The Morgan fingerprint density at radius 3 is 3.16 bits per heavy atom. The Labute approximate surface area is 121 Å². The van der Waals surface area contributed by atoms with Gasteiger partial charge in [0.05, 0.1) is 5.69 Å². The number of carbonyl (C=O) groups is 1. The van der Waals surface area contributed by atoms with E-state index in [0.29, 0.717) is 17.6 Å². The van der Waals surface area contributed by atoms with Crippen LogP contribution in [0.25, 0.3) is 11.0 Å². The molecule has 0 spiro atoms. The Balaban J connectivity index is 2.00. The molecule has 0 unspecified atom stereocenters. The van der Waals surface area contributed by atoms with Crippen LogP contribution < -0.4 is 5.32 Å². The second-order valence-electron chi connectivity index (χ2n) is 4.65. The van der Waals surface area contributed by atoms with Gasteiger partial charge in [-0.2, -0.15) is 0 Å². The van der Waals surface area contributed by atoms with Crippen LogP contribution in [-0.2, 0) is 4.79 Å². The van der Waals surface area contributed by atoms with Gasteiger partial charge in [-0.15, -0.1) is 11.3 Å². The minimum Gasteiger partial charge on any atom is -0.353 e. The van der Waals surface area contributed by atoms with E-state index in [1.54, 1.807) is 6.08 Å². The zero-order valence-electron chi connectivity index (χ0n) is 10.9. The molecule has 102 valence electrons. The Bertz CT molecular complexity index is 600. The number of nitrogens with one attached hydrogen (secondary N) is 1. The first-order chi connectivity index (χ1) is 9.08. The molecule has 0 radical (unpaired) electrons. The zero-order valence-corrected chi connectivity index (χ0v) is 12.5. The normalized spacial score (nSPS) is 11.8. The van der Waals surface area contributed by atoms with Crippen LogP contribution in [0, 0.1) is 5.92 Å². The summed E-state index contributed by atoms with van der Waals surface area (Å²) in [5.74, 6) is 0.473. The molecular weight excluding hydrogens is 282 g/mol. The van der Waals surface area contributed by atoms with Crippen molar-refractivity contribution >= 4 is 39.9 Å². The summed E-state index contributed by atoms with van der Waals surface area (Å²) in [4.78, 5) is 16.7. The highest BCUT2D eigenvalue weighted by atomic mass is 35.5. The number of imidazole rings is 1. The SMILES string of the molecule is CC(C)CCNC(=O)/C=C/c1c(Cl)nc2sccn12. The highest BCUT2D eigenvalue weighted by Gasteiger charge is 2.08. The third kappa shape index (κ3) is 3.58. The number of halogens is 1. The van der Waals surface area contributed by atoms with Crippen LogP contribution in [0.1, 0.15) is 26.0 Å². The fourth-order valence-corrected chi connectivity index (χ4v) is 2.63. The predicted octanol–water partition coefficient (Wildman–Crippen LogP) is 3.22. The van der Waals surface area contributed by atoms with E-state index < -0.39 is 0 Å². The number of hydrogen-bond donors (Lipinski definition) is 1. The van der Waals surface area contributed by atoms with Crippen LogP contribution in [0.3, 0.4) is 0 Å². The predicted molar refractivity (Wildman–Crippen MR) is 79.6 cm³/mol. The maximum atomic E-state index is 11.6. The van der Waals surface area contributed by atoms with Gasteiger partial charge in [-0.25, -0.2) is 4.98 Å². The van der Waals surface area contributed by atoms with Gasteiger partial charge in [0.1, 0.15) is 0 Å². The fourth-order valence-electron chi connectivity index (χ4n) is 1.62. The Morgan fingerprint density at radius 1 is 1.63 bits per heavy atom. The lowest BCUT2D eigenvalue weighted by Gasteiger charge is -2.04. The van der Waals surface area contributed by atoms with Crippen molar-refractivity contribution in [3.05, 3.63) is 28.5 Å². The number of nitrogens with zero attached hydrogens (tertiary/aromatic N) is 2. The van der Waals surface area contributed by atoms with Crippen molar-refractivity contribution in [3.63, 3.8) is 0 Å². The van der Waals surface area contributed by atoms with Gasteiger partial charge in [0.15, 0.2) is 10.1 Å². The van der Waals surface area contributed by atoms with E-state index in [1.165, 1.54) is 17.4 Å². The van der Waals surface area contributed by atoms with E-state index in [-0.39, 0.29) is 5.91 Å². The van der Waals surface area contributed by atoms with E-state index >= 15 is 0 Å². The number of fused-ring (bicyclic) bond motifs is 1. The first-order valence-corrected chi connectivity index (χ1v) is 7.40. The molecule has 0 saturated heterocycles. The molecule has 0 aliphatic carbocycles. The van der Waals surface area contributed by atoms with Crippen molar-refractivity contribution in [1.29, 1.82) is 0 Å². The molecule has 2 rings (SSSR count). The quantitative estimate of drug-likeness (QED) is 0.861. The summed E-state index contributed by atoms with van der Waals surface area (Å²) in [6.07, 6.45) is 6.05. The van der Waals surface area contributed by atoms with Crippen LogP contribution in [0.15, 0.2) is 17.7 Å². The van der Waals surface area contributed by atoms with Crippen molar-refractivity contribution in [3.8, 4) is 0 Å². The van der Waals surface area contributed by atoms with Gasteiger partial charge in [-0.1, -0.05) is 25.4 Å². The summed E-state index contributed by atoms with van der Waals surface area (Å²) in [7, 11) is 0. The van der Waals surface area contributed by atoms with E-state index in [4.69, 9.17) is 11.6 Å². The number of rotatable bonds is 5. The molecule has 0 bridgehead atoms. The third-order valence-corrected chi connectivity index (χ3v) is 3.70. The van der Waals surface area contributed by atoms with Crippen LogP contribution in [0.2, 0.25) is 5.15 Å². The molecule has 19 heavy (non-hydrogen) atoms. The van der Waals surface area contributed by atoms with Gasteiger partial charge in [-0.3, -0.25) is 9.20 Å². The Hall–Kier alpha value is -1.33. The zero-order chi connectivity index (χ0) is 13.8. The molecular formula is C13H16ClN3OS. The van der Waals surface area contributed by atoms with Gasteiger partial charge >= 0.3 is 0 Å². The molecule has 2 aromatic heterocycles. The third-order valence-electron chi connectivity index (χ3n) is 2.67. The molecule has 1 N–H and O–H groups in total. The number of thiazole rings is 1. The van der Waals surface area contributed by atoms with Crippen molar-refractivity contribution in [2.75, 3.05) is 6.54 Å². The Morgan fingerprint density at radius 2 is 2.42 bits per heavy atom. The number of carbonyl (C=O) groups excluding carboxylic acids is 1. The van der Waals surface area contributed by atoms with Gasteiger partial charge in [0.2, 0.25) is 5.91 Å². The molecule has 0 saturated carbocycles. The van der Waals surface area contributed by atoms with E-state index in [9.17, 15) is 4.79 Å². The first-order valence-electron chi connectivity index (χ1n) is 6.15. The standard InChI is InChI=1S/C13H16ClN3OS/c1-9(2)5-6-15-11(18)4-3-10-12(14)16-13-17(10)7-8-19-13/h3-4,7-9H,5-6H2,1-2H3,(H,15,18)/b4-3+. The Kier molecular flexibility index (Phi) is 4.61. The average Bonchev–Trinajstić information content (AvgIpc) is 2.87. The number of amides is 1. The van der Waals surface area contributed by atoms with Crippen molar-refractivity contribution in [1.82, 2.24) is 14.7 Å². The lowest BCUT2D eigenvalue weighted by Crippen LogP contribution is -2.23. The lowest BCUT2D eigenvalue weighted by molar-refractivity contribution is -0.116. The average molecular weight is 298 g/mol. The largest absolute Gasteiger partial charge is 0.353 e. The molecule has 0 fully saturated rings. The number of hydrogen-bond acceptors (Lipinski definition) is 3. The molecule has 0 aliphatic rings. The second-order valence-corrected chi connectivity index (χ2v) is 5.88.